The number of nitrogens with zero attached hydrogens (tertiary/aromatic N) is 1. The number of hydrogen-bond donors (Lipinski definition) is 1. The van der Waals surface area contributed by atoms with Crippen LogP contribution >= 0.6 is 11.6 Å². The maximum Gasteiger partial charge on any atom is 0.336 e. The highest BCUT2D eigenvalue weighted by molar-refractivity contribution is 6.17. The molecule has 0 bridgehead atoms. The zero-order valence-electron chi connectivity index (χ0n) is 14.0. The molecule has 1 atom stereocenters. The van der Waals surface area contributed by atoms with Crippen LogP contribution in [0.3, 0.4) is 0 Å². The zero-order chi connectivity index (χ0) is 17.6. The Hall–Kier alpha value is -2.04. The molecule has 1 aliphatic rings. The first-order chi connectivity index (χ1) is 12.2. The van der Waals surface area contributed by atoms with Gasteiger partial charge in [0.1, 0.15) is 12.4 Å². The quantitative estimate of drug-likeness (QED) is 0.754. The highest BCUT2D eigenvalue weighted by Gasteiger charge is 2.25. The molecule has 0 amide bonds. The van der Waals surface area contributed by atoms with Gasteiger partial charge in [0.25, 0.3) is 0 Å². The van der Waals surface area contributed by atoms with Crippen LogP contribution in [0, 0.1) is 0 Å². The third-order valence-corrected chi connectivity index (χ3v) is 4.91. The van der Waals surface area contributed by atoms with Crippen LogP contribution < -0.4 is 4.74 Å². The van der Waals surface area contributed by atoms with Gasteiger partial charge >= 0.3 is 5.97 Å². The Labute approximate surface area is 153 Å². The molecule has 1 saturated heterocycles. The standard InChI is InChI=1S/C20H22ClNO3/c21-12-16-11-18(8-9-19(16)20(23)24)25-14-17-7-4-10-22(17)13-15-5-2-1-3-6-15/h1-3,5-6,8-9,11,17H,4,7,10,12-14H2,(H,23,24). The molecular weight excluding hydrogens is 338 g/mol. The van der Waals surface area contributed by atoms with Gasteiger partial charge in [0, 0.05) is 18.5 Å². The van der Waals surface area contributed by atoms with E-state index in [4.69, 9.17) is 21.4 Å². The van der Waals surface area contributed by atoms with Gasteiger partial charge in [-0.2, -0.15) is 0 Å². The van der Waals surface area contributed by atoms with Crippen molar-refractivity contribution in [2.45, 2.75) is 31.3 Å². The van der Waals surface area contributed by atoms with Crippen molar-refractivity contribution < 1.29 is 14.6 Å². The molecular formula is C20H22ClNO3. The number of carboxylic acid groups (broad SMARTS) is 1. The van der Waals surface area contributed by atoms with Gasteiger partial charge in [-0.15, -0.1) is 11.6 Å². The average molecular weight is 360 g/mol. The van der Waals surface area contributed by atoms with Crippen LogP contribution in [-0.4, -0.2) is 35.2 Å². The molecule has 1 fully saturated rings. The monoisotopic (exact) mass is 359 g/mol. The number of aromatic carboxylic acids is 1. The lowest BCUT2D eigenvalue weighted by atomic mass is 10.1. The number of hydrogen-bond acceptors (Lipinski definition) is 3. The van der Waals surface area contributed by atoms with E-state index in [9.17, 15) is 4.79 Å². The molecule has 4 nitrogen and oxygen atoms in total. The summed E-state index contributed by atoms with van der Waals surface area (Å²) in [5, 5.41) is 9.16. The minimum atomic E-state index is -0.966. The molecule has 3 rings (SSSR count). The topological polar surface area (TPSA) is 49.8 Å². The Morgan fingerprint density at radius 2 is 2.04 bits per heavy atom. The number of halogens is 1. The van der Waals surface area contributed by atoms with Crippen LogP contribution in [0.4, 0.5) is 0 Å². The lowest BCUT2D eigenvalue weighted by Crippen LogP contribution is -2.33. The fourth-order valence-electron chi connectivity index (χ4n) is 3.28. The average Bonchev–Trinajstić information content (AvgIpc) is 3.07. The van der Waals surface area contributed by atoms with E-state index < -0.39 is 5.97 Å². The summed E-state index contributed by atoms with van der Waals surface area (Å²) in [6.45, 7) is 2.61. The fraction of sp³-hybridized carbons (Fsp3) is 0.350. The van der Waals surface area contributed by atoms with Crippen LogP contribution in [0.5, 0.6) is 5.75 Å². The van der Waals surface area contributed by atoms with E-state index in [-0.39, 0.29) is 11.4 Å². The number of carbonyl (C=O) groups is 1. The highest BCUT2D eigenvalue weighted by atomic mass is 35.5. The summed E-state index contributed by atoms with van der Waals surface area (Å²) < 4.78 is 5.94. The molecule has 2 aromatic carbocycles. The van der Waals surface area contributed by atoms with Crippen molar-refractivity contribution in [1.29, 1.82) is 0 Å². The van der Waals surface area contributed by atoms with Crippen molar-refractivity contribution in [2.24, 2.45) is 0 Å². The first-order valence-corrected chi connectivity index (χ1v) is 9.04. The van der Waals surface area contributed by atoms with E-state index in [1.54, 1.807) is 18.2 Å². The van der Waals surface area contributed by atoms with E-state index >= 15 is 0 Å². The Morgan fingerprint density at radius 3 is 2.76 bits per heavy atom. The third kappa shape index (κ3) is 4.53. The van der Waals surface area contributed by atoms with Crippen molar-refractivity contribution in [1.82, 2.24) is 4.90 Å². The summed E-state index contributed by atoms with van der Waals surface area (Å²) in [5.41, 5.74) is 2.12. The lowest BCUT2D eigenvalue weighted by Gasteiger charge is -2.24. The molecule has 1 N–H and O–H groups in total. The second-order valence-corrected chi connectivity index (χ2v) is 6.59. The van der Waals surface area contributed by atoms with Crippen molar-refractivity contribution in [3.05, 3.63) is 65.2 Å². The Balaban J connectivity index is 1.61. The minimum absolute atomic E-state index is 0.155. The van der Waals surface area contributed by atoms with Crippen LogP contribution in [0.2, 0.25) is 0 Å². The smallest absolute Gasteiger partial charge is 0.336 e. The summed E-state index contributed by atoms with van der Waals surface area (Å²) in [7, 11) is 0. The minimum Gasteiger partial charge on any atom is -0.492 e. The van der Waals surface area contributed by atoms with Crippen LogP contribution in [0.1, 0.15) is 34.3 Å². The Kier molecular flexibility index (Phi) is 5.95. The Morgan fingerprint density at radius 1 is 1.24 bits per heavy atom. The molecule has 5 heteroatoms. The molecule has 132 valence electrons. The molecule has 0 aromatic heterocycles. The molecule has 1 unspecified atom stereocenters. The third-order valence-electron chi connectivity index (χ3n) is 4.62. The molecule has 0 aliphatic carbocycles. The van der Waals surface area contributed by atoms with Gasteiger partial charge in [-0.05, 0) is 48.7 Å². The van der Waals surface area contributed by atoms with Crippen LogP contribution in [0.25, 0.3) is 0 Å². The predicted molar refractivity (Wildman–Crippen MR) is 98.3 cm³/mol. The van der Waals surface area contributed by atoms with Gasteiger partial charge in [-0.1, -0.05) is 30.3 Å². The predicted octanol–water partition coefficient (Wildman–Crippen LogP) is 4.17. The highest BCUT2D eigenvalue weighted by Crippen LogP contribution is 2.23. The zero-order valence-corrected chi connectivity index (χ0v) is 14.8. The van der Waals surface area contributed by atoms with Gasteiger partial charge in [-0.25, -0.2) is 4.79 Å². The maximum absolute atomic E-state index is 11.2. The first-order valence-electron chi connectivity index (χ1n) is 8.50. The molecule has 1 heterocycles. The number of carboxylic acids is 1. The van der Waals surface area contributed by atoms with Gasteiger partial charge in [0.05, 0.1) is 5.56 Å². The summed E-state index contributed by atoms with van der Waals surface area (Å²) in [6.07, 6.45) is 2.29. The van der Waals surface area contributed by atoms with Crippen molar-refractivity contribution >= 4 is 17.6 Å². The number of rotatable bonds is 7. The van der Waals surface area contributed by atoms with E-state index in [0.29, 0.717) is 24.0 Å². The fourth-order valence-corrected chi connectivity index (χ4v) is 3.50. The summed E-state index contributed by atoms with van der Waals surface area (Å²) in [5.74, 6) is -0.137. The number of benzene rings is 2. The van der Waals surface area contributed by atoms with Gasteiger partial charge in [0.15, 0.2) is 0 Å². The van der Waals surface area contributed by atoms with E-state index in [2.05, 4.69) is 29.2 Å². The molecule has 0 saturated carbocycles. The van der Waals surface area contributed by atoms with E-state index in [1.807, 2.05) is 6.07 Å². The van der Waals surface area contributed by atoms with E-state index in [1.165, 1.54) is 12.0 Å². The lowest BCUT2D eigenvalue weighted by molar-refractivity contribution is 0.0696. The first kappa shape index (κ1) is 17.8. The van der Waals surface area contributed by atoms with Gasteiger partial charge < -0.3 is 9.84 Å². The molecule has 2 aromatic rings. The normalized spacial score (nSPS) is 17.6. The largest absolute Gasteiger partial charge is 0.492 e. The van der Waals surface area contributed by atoms with Crippen molar-refractivity contribution in [3.8, 4) is 5.75 Å². The summed E-state index contributed by atoms with van der Waals surface area (Å²) in [6, 6.07) is 15.8. The van der Waals surface area contributed by atoms with Crippen LogP contribution in [-0.2, 0) is 12.4 Å². The number of likely N-dealkylation sites (tertiary alicyclic amines) is 1. The maximum atomic E-state index is 11.2. The van der Waals surface area contributed by atoms with Crippen LogP contribution in [0.15, 0.2) is 48.5 Å². The molecule has 25 heavy (non-hydrogen) atoms. The van der Waals surface area contributed by atoms with E-state index in [0.717, 1.165) is 19.5 Å². The second-order valence-electron chi connectivity index (χ2n) is 6.32. The van der Waals surface area contributed by atoms with Gasteiger partial charge in [-0.3, -0.25) is 4.90 Å². The molecule has 0 spiro atoms. The van der Waals surface area contributed by atoms with Crippen molar-refractivity contribution in [2.75, 3.05) is 13.2 Å². The van der Waals surface area contributed by atoms with Gasteiger partial charge in [0.2, 0.25) is 0 Å². The second kappa shape index (κ2) is 8.37. The summed E-state index contributed by atoms with van der Waals surface area (Å²) in [4.78, 5) is 13.6. The SMILES string of the molecule is O=C(O)c1ccc(OCC2CCCN2Cc2ccccc2)cc1CCl. The molecule has 0 radical (unpaired) electrons. The van der Waals surface area contributed by atoms with Crippen molar-refractivity contribution in [3.63, 3.8) is 0 Å². The number of ether oxygens (including phenoxy) is 1. The number of alkyl halides is 1. The summed E-state index contributed by atoms with van der Waals surface area (Å²) >= 11 is 5.86. The Bertz CT molecular complexity index is 720. The molecule has 1 aliphatic heterocycles.